The highest BCUT2D eigenvalue weighted by atomic mass is 19.1. The van der Waals surface area contributed by atoms with E-state index in [1.54, 1.807) is 19.9 Å². The van der Waals surface area contributed by atoms with Crippen molar-refractivity contribution in [3.05, 3.63) is 34.6 Å². The Hall–Kier alpha value is -0.890. The van der Waals surface area contributed by atoms with Gasteiger partial charge in [-0.05, 0) is 43.5 Å². The zero-order valence-corrected chi connectivity index (χ0v) is 7.52. The van der Waals surface area contributed by atoms with E-state index in [1.165, 1.54) is 0 Å². The highest BCUT2D eigenvalue weighted by Gasteiger charge is 2.05. The average Bonchev–Trinajstić information content (AvgIpc) is 2.07. The van der Waals surface area contributed by atoms with Crippen LogP contribution in [0.15, 0.2) is 12.1 Å². The lowest BCUT2D eigenvalue weighted by Gasteiger charge is -2.06. The van der Waals surface area contributed by atoms with E-state index in [-0.39, 0.29) is 5.82 Å². The largest absolute Gasteiger partial charge is 0.330 e. The smallest absolute Gasteiger partial charge is 0.129 e. The van der Waals surface area contributed by atoms with Crippen LogP contribution < -0.4 is 5.73 Å². The lowest BCUT2D eigenvalue weighted by atomic mass is 10.0. The fourth-order valence-electron chi connectivity index (χ4n) is 1.29. The first kappa shape index (κ1) is 9.20. The van der Waals surface area contributed by atoms with E-state index < -0.39 is 0 Å². The Kier molecular flexibility index (Phi) is 2.82. The van der Waals surface area contributed by atoms with E-state index in [0.717, 1.165) is 17.5 Å². The van der Waals surface area contributed by atoms with Crippen molar-refractivity contribution in [3.8, 4) is 0 Å². The maximum atomic E-state index is 13.3. The van der Waals surface area contributed by atoms with Crippen molar-refractivity contribution in [1.82, 2.24) is 0 Å². The molecule has 0 saturated heterocycles. The number of hydrogen-bond donors (Lipinski definition) is 1. The SMILES string of the molecule is Cc1ccc(CCN)c(C)c1F. The summed E-state index contributed by atoms with van der Waals surface area (Å²) in [6.45, 7) is 4.14. The molecule has 12 heavy (non-hydrogen) atoms. The number of nitrogens with two attached hydrogens (primary N) is 1. The van der Waals surface area contributed by atoms with Gasteiger partial charge in [-0.25, -0.2) is 4.39 Å². The second-order valence-corrected chi connectivity index (χ2v) is 3.02. The summed E-state index contributed by atoms with van der Waals surface area (Å²) in [4.78, 5) is 0. The lowest BCUT2D eigenvalue weighted by Crippen LogP contribution is -2.05. The molecule has 0 unspecified atom stereocenters. The van der Waals surface area contributed by atoms with Gasteiger partial charge in [0.25, 0.3) is 0 Å². The second-order valence-electron chi connectivity index (χ2n) is 3.02. The molecule has 0 aromatic heterocycles. The number of benzene rings is 1. The first-order valence-corrected chi connectivity index (χ1v) is 4.11. The van der Waals surface area contributed by atoms with Crippen molar-refractivity contribution in [1.29, 1.82) is 0 Å². The molecule has 0 spiro atoms. The van der Waals surface area contributed by atoms with Crippen LogP contribution in [0.2, 0.25) is 0 Å². The van der Waals surface area contributed by atoms with Crippen molar-refractivity contribution in [2.24, 2.45) is 5.73 Å². The van der Waals surface area contributed by atoms with Crippen molar-refractivity contribution < 1.29 is 4.39 Å². The molecule has 2 heteroatoms. The van der Waals surface area contributed by atoms with Crippen LogP contribution in [0.3, 0.4) is 0 Å². The average molecular weight is 167 g/mol. The second kappa shape index (κ2) is 3.68. The van der Waals surface area contributed by atoms with Gasteiger partial charge < -0.3 is 5.73 Å². The van der Waals surface area contributed by atoms with Crippen LogP contribution in [-0.2, 0) is 6.42 Å². The van der Waals surface area contributed by atoms with E-state index in [9.17, 15) is 4.39 Å². The molecule has 1 rings (SSSR count). The minimum atomic E-state index is -0.0963. The Bertz CT molecular complexity index is 281. The molecule has 1 nitrogen and oxygen atoms in total. The van der Waals surface area contributed by atoms with Gasteiger partial charge in [0.15, 0.2) is 0 Å². The molecular weight excluding hydrogens is 153 g/mol. The van der Waals surface area contributed by atoms with Crippen molar-refractivity contribution in [2.75, 3.05) is 6.54 Å². The summed E-state index contributed by atoms with van der Waals surface area (Å²) in [6, 6.07) is 3.74. The molecule has 0 amide bonds. The zero-order chi connectivity index (χ0) is 9.14. The third-order valence-electron chi connectivity index (χ3n) is 2.11. The lowest BCUT2D eigenvalue weighted by molar-refractivity contribution is 0.606. The Morgan fingerprint density at radius 1 is 1.33 bits per heavy atom. The van der Waals surface area contributed by atoms with Crippen LogP contribution in [-0.4, -0.2) is 6.54 Å². The van der Waals surface area contributed by atoms with Crippen LogP contribution in [0.5, 0.6) is 0 Å². The fourth-order valence-corrected chi connectivity index (χ4v) is 1.29. The number of halogens is 1. The van der Waals surface area contributed by atoms with Gasteiger partial charge in [-0.15, -0.1) is 0 Å². The quantitative estimate of drug-likeness (QED) is 0.715. The molecule has 0 aliphatic heterocycles. The summed E-state index contributed by atoms with van der Waals surface area (Å²) in [6.07, 6.45) is 0.753. The number of rotatable bonds is 2. The summed E-state index contributed by atoms with van der Waals surface area (Å²) < 4.78 is 13.3. The van der Waals surface area contributed by atoms with E-state index in [1.807, 2.05) is 6.07 Å². The third kappa shape index (κ3) is 1.64. The maximum Gasteiger partial charge on any atom is 0.129 e. The van der Waals surface area contributed by atoms with Gasteiger partial charge >= 0.3 is 0 Å². The number of aryl methyl sites for hydroxylation is 1. The van der Waals surface area contributed by atoms with Gasteiger partial charge in [0.1, 0.15) is 5.82 Å². The summed E-state index contributed by atoms with van der Waals surface area (Å²) in [7, 11) is 0. The molecular formula is C10H14FN. The van der Waals surface area contributed by atoms with Gasteiger partial charge in [0.2, 0.25) is 0 Å². The van der Waals surface area contributed by atoms with Crippen LogP contribution in [0.4, 0.5) is 4.39 Å². The molecule has 0 radical (unpaired) electrons. The van der Waals surface area contributed by atoms with E-state index in [2.05, 4.69) is 0 Å². The molecule has 0 fully saturated rings. The Morgan fingerprint density at radius 3 is 2.58 bits per heavy atom. The summed E-state index contributed by atoms with van der Waals surface area (Å²) in [5, 5.41) is 0. The molecule has 2 N–H and O–H groups in total. The van der Waals surface area contributed by atoms with Crippen LogP contribution in [0.1, 0.15) is 16.7 Å². The minimum Gasteiger partial charge on any atom is -0.330 e. The van der Waals surface area contributed by atoms with Gasteiger partial charge in [-0.3, -0.25) is 0 Å². The molecule has 0 aliphatic carbocycles. The summed E-state index contributed by atoms with van der Waals surface area (Å²) in [5.74, 6) is -0.0963. The predicted octanol–water partition coefficient (Wildman–Crippen LogP) is 1.94. The van der Waals surface area contributed by atoms with Gasteiger partial charge in [-0.1, -0.05) is 12.1 Å². The Balaban J connectivity index is 3.08. The number of hydrogen-bond acceptors (Lipinski definition) is 1. The van der Waals surface area contributed by atoms with Gasteiger partial charge in [0, 0.05) is 0 Å². The first-order chi connectivity index (χ1) is 5.66. The maximum absolute atomic E-state index is 13.3. The standard InChI is InChI=1S/C10H14FN/c1-7-3-4-9(5-6-12)8(2)10(7)11/h3-4H,5-6,12H2,1-2H3. The molecule has 1 aromatic carbocycles. The van der Waals surface area contributed by atoms with Crippen molar-refractivity contribution in [3.63, 3.8) is 0 Å². The zero-order valence-electron chi connectivity index (χ0n) is 7.52. The van der Waals surface area contributed by atoms with E-state index in [0.29, 0.717) is 12.1 Å². The van der Waals surface area contributed by atoms with E-state index in [4.69, 9.17) is 5.73 Å². The van der Waals surface area contributed by atoms with Crippen LogP contribution >= 0.6 is 0 Å². The summed E-state index contributed by atoms with van der Waals surface area (Å²) in [5.41, 5.74) is 7.85. The van der Waals surface area contributed by atoms with Gasteiger partial charge in [0.05, 0.1) is 0 Å². The highest BCUT2D eigenvalue weighted by Crippen LogP contribution is 2.16. The molecule has 66 valence electrons. The predicted molar refractivity (Wildman–Crippen MR) is 48.6 cm³/mol. The van der Waals surface area contributed by atoms with Crippen LogP contribution in [0.25, 0.3) is 0 Å². The Labute approximate surface area is 72.4 Å². The van der Waals surface area contributed by atoms with Crippen molar-refractivity contribution >= 4 is 0 Å². The highest BCUT2D eigenvalue weighted by molar-refractivity contribution is 5.32. The molecule has 0 atom stereocenters. The first-order valence-electron chi connectivity index (χ1n) is 4.11. The van der Waals surface area contributed by atoms with E-state index >= 15 is 0 Å². The monoisotopic (exact) mass is 167 g/mol. The molecule has 0 aliphatic rings. The minimum absolute atomic E-state index is 0.0963. The van der Waals surface area contributed by atoms with Gasteiger partial charge in [-0.2, -0.15) is 0 Å². The Morgan fingerprint density at radius 2 is 2.00 bits per heavy atom. The molecule has 1 aromatic rings. The summed E-state index contributed by atoms with van der Waals surface area (Å²) >= 11 is 0. The van der Waals surface area contributed by atoms with Crippen molar-refractivity contribution in [2.45, 2.75) is 20.3 Å². The van der Waals surface area contributed by atoms with Crippen LogP contribution in [0, 0.1) is 19.7 Å². The normalized spacial score (nSPS) is 10.3. The molecule has 0 bridgehead atoms. The third-order valence-corrected chi connectivity index (χ3v) is 2.11. The topological polar surface area (TPSA) is 26.0 Å². The molecule has 0 saturated carbocycles. The fraction of sp³-hybridized carbons (Fsp3) is 0.400. The molecule has 0 heterocycles.